The van der Waals surface area contributed by atoms with E-state index in [9.17, 15) is 14.0 Å². The van der Waals surface area contributed by atoms with Crippen LogP contribution in [0.25, 0.3) is 0 Å². The SMILES string of the molecule is COC1OC[C@@H](OC(=O)c2ccccc2)[C@@H](OC(=O)c2ccccc2)[C@H]1F. The van der Waals surface area contributed by atoms with Gasteiger partial charge in [-0.15, -0.1) is 0 Å². The largest absolute Gasteiger partial charge is 0.452 e. The van der Waals surface area contributed by atoms with E-state index in [-0.39, 0.29) is 12.2 Å². The van der Waals surface area contributed by atoms with Crippen molar-refractivity contribution >= 4 is 11.9 Å². The van der Waals surface area contributed by atoms with E-state index in [1.807, 2.05) is 0 Å². The molecule has 0 bridgehead atoms. The summed E-state index contributed by atoms with van der Waals surface area (Å²) in [5, 5.41) is 0. The third kappa shape index (κ3) is 4.50. The Morgan fingerprint density at radius 3 is 1.96 bits per heavy atom. The number of alkyl halides is 1. The smallest absolute Gasteiger partial charge is 0.338 e. The van der Waals surface area contributed by atoms with Crippen LogP contribution in [0, 0.1) is 0 Å². The highest BCUT2D eigenvalue weighted by molar-refractivity contribution is 5.90. The lowest BCUT2D eigenvalue weighted by Crippen LogP contribution is -2.54. The monoisotopic (exact) mass is 374 g/mol. The van der Waals surface area contributed by atoms with E-state index in [4.69, 9.17) is 18.9 Å². The maximum absolute atomic E-state index is 14.8. The van der Waals surface area contributed by atoms with Gasteiger partial charge in [-0.3, -0.25) is 0 Å². The zero-order valence-corrected chi connectivity index (χ0v) is 14.6. The van der Waals surface area contributed by atoms with Gasteiger partial charge >= 0.3 is 11.9 Å². The molecule has 27 heavy (non-hydrogen) atoms. The second kappa shape index (κ2) is 8.75. The topological polar surface area (TPSA) is 71.1 Å². The van der Waals surface area contributed by atoms with Gasteiger partial charge < -0.3 is 18.9 Å². The van der Waals surface area contributed by atoms with Crippen LogP contribution < -0.4 is 0 Å². The third-order valence-electron chi connectivity index (χ3n) is 4.12. The highest BCUT2D eigenvalue weighted by Gasteiger charge is 2.46. The maximum Gasteiger partial charge on any atom is 0.338 e. The van der Waals surface area contributed by atoms with Crippen molar-refractivity contribution in [3.05, 3.63) is 71.8 Å². The maximum atomic E-state index is 14.8. The molecule has 1 fully saturated rings. The van der Waals surface area contributed by atoms with Gasteiger partial charge in [0, 0.05) is 7.11 Å². The van der Waals surface area contributed by atoms with Crippen LogP contribution in [0.5, 0.6) is 0 Å². The van der Waals surface area contributed by atoms with Gasteiger partial charge in [0.2, 0.25) is 0 Å². The van der Waals surface area contributed by atoms with Crippen molar-refractivity contribution < 1.29 is 32.9 Å². The Hall–Kier alpha value is -2.77. The van der Waals surface area contributed by atoms with E-state index < -0.39 is 36.6 Å². The molecule has 142 valence electrons. The van der Waals surface area contributed by atoms with Gasteiger partial charge in [-0.25, -0.2) is 14.0 Å². The fourth-order valence-electron chi connectivity index (χ4n) is 2.72. The Kier molecular flexibility index (Phi) is 6.16. The Morgan fingerprint density at radius 1 is 0.926 bits per heavy atom. The van der Waals surface area contributed by atoms with Crippen molar-refractivity contribution in [2.75, 3.05) is 13.7 Å². The highest BCUT2D eigenvalue weighted by atomic mass is 19.1. The summed E-state index contributed by atoms with van der Waals surface area (Å²) in [7, 11) is 1.28. The van der Waals surface area contributed by atoms with E-state index in [0.717, 1.165) is 0 Å². The Bertz CT molecular complexity index is 767. The molecule has 0 aromatic heterocycles. The van der Waals surface area contributed by atoms with E-state index in [0.29, 0.717) is 5.56 Å². The lowest BCUT2D eigenvalue weighted by Gasteiger charge is -2.37. The number of carbonyl (C=O) groups excluding carboxylic acids is 2. The minimum atomic E-state index is -1.81. The summed E-state index contributed by atoms with van der Waals surface area (Å²) >= 11 is 0. The quantitative estimate of drug-likeness (QED) is 0.750. The number of carbonyl (C=O) groups is 2. The molecule has 1 saturated heterocycles. The van der Waals surface area contributed by atoms with Crippen LogP contribution in [0.4, 0.5) is 4.39 Å². The number of esters is 2. The number of ether oxygens (including phenoxy) is 4. The van der Waals surface area contributed by atoms with Crippen molar-refractivity contribution in [2.24, 2.45) is 0 Å². The van der Waals surface area contributed by atoms with Crippen molar-refractivity contribution in [1.82, 2.24) is 0 Å². The van der Waals surface area contributed by atoms with Crippen LogP contribution in [0.2, 0.25) is 0 Å². The predicted molar refractivity (Wildman–Crippen MR) is 92.9 cm³/mol. The van der Waals surface area contributed by atoms with Crippen molar-refractivity contribution in [2.45, 2.75) is 24.7 Å². The molecule has 0 N–H and O–H groups in total. The zero-order valence-electron chi connectivity index (χ0n) is 14.6. The molecule has 0 saturated carbocycles. The molecule has 2 aromatic rings. The van der Waals surface area contributed by atoms with Gasteiger partial charge in [0.15, 0.2) is 24.7 Å². The minimum absolute atomic E-state index is 0.162. The second-order valence-electron chi connectivity index (χ2n) is 5.93. The molecule has 0 aliphatic carbocycles. The Labute approximate surface area is 155 Å². The van der Waals surface area contributed by atoms with Crippen LogP contribution >= 0.6 is 0 Å². The van der Waals surface area contributed by atoms with Gasteiger partial charge in [0.1, 0.15) is 0 Å². The molecular weight excluding hydrogens is 355 g/mol. The van der Waals surface area contributed by atoms with E-state index in [2.05, 4.69) is 0 Å². The Balaban J connectivity index is 1.76. The molecule has 0 amide bonds. The average Bonchev–Trinajstić information content (AvgIpc) is 2.72. The highest BCUT2D eigenvalue weighted by Crippen LogP contribution is 2.25. The molecule has 1 aliphatic rings. The number of halogens is 1. The number of methoxy groups -OCH3 is 1. The molecule has 0 radical (unpaired) electrons. The number of rotatable bonds is 5. The molecule has 1 heterocycles. The summed E-state index contributed by atoms with van der Waals surface area (Å²) in [4.78, 5) is 24.6. The summed E-state index contributed by atoms with van der Waals surface area (Å²) < 4.78 is 35.6. The van der Waals surface area contributed by atoms with Gasteiger partial charge in [0.25, 0.3) is 0 Å². The zero-order chi connectivity index (χ0) is 19.2. The first-order valence-corrected chi connectivity index (χ1v) is 8.40. The minimum Gasteiger partial charge on any atom is -0.452 e. The lowest BCUT2D eigenvalue weighted by molar-refractivity contribution is -0.243. The summed E-state index contributed by atoms with van der Waals surface area (Å²) in [6.07, 6.45) is -5.49. The third-order valence-corrected chi connectivity index (χ3v) is 4.12. The lowest BCUT2D eigenvalue weighted by atomic mass is 10.1. The van der Waals surface area contributed by atoms with Gasteiger partial charge in [-0.2, -0.15) is 0 Å². The first kappa shape index (κ1) is 19.0. The average molecular weight is 374 g/mol. The van der Waals surface area contributed by atoms with Crippen molar-refractivity contribution in [1.29, 1.82) is 0 Å². The van der Waals surface area contributed by atoms with Crippen LogP contribution in [0.3, 0.4) is 0 Å². The normalized spacial score (nSPS) is 24.8. The summed E-state index contributed by atoms with van der Waals surface area (Å²) in [5.74, 6) is -1.38. The van der Waals surface area contributed by atoms with Crippen molar-refractivity contribution in [3.63, 3.8) is 0 Å². The van der Waals surface area contributed by atoms with Crippen LogP contribution in [-0.2, 0) is 18.9 Å². The first-order valence-electron chi connectivity index (χ1n) is 8.40. The number of benzene rings is 2. The van der Waals surface area contributed by atoms with Crippen LogP contribution in [0.15, 0.2) is 60.7 Å². The fourth-order valence-corrected chi connectivity index (χ4v) is 2.72. The van der Waals surface area contributed by atoms with Gasteiger partial charge in [-0.05, 0) is 24.3 Å². The van der Waals surface area contributed by atoms with Gasteiger partial charge in [-0.1, -0.05) is 36.4 Å². The molecule has 7 heteroatoms. The van der Waals surface area contributed by atoms with E-state index in [1.165, 1.54) is 7.11 Å². The fraction of sp³-hybridized carbons (Fsp3) is 0.300. The predicted octanol–water partition coefficient (Wildman–Crippen LogP) is 2.78. The molecular formula is C20H19FO6. The van der Waals surface area contributed by atoms with Crippen LogP contribution in [-0.4, -0.2) is 50.3 Å². The van der Waals surface area contributed by atoms with E-state index in [1.54, 1.807) is 60.7 Å². The second-order valence-corrected chi connectivity index (χ2v) is 5.93. The van der Waals surface area contributed by atoms with Crippen LogP contribution in [0.1, 0.15) is 20.7 Å². The summed E-state index contributed by atoms with van der Waals surface area (Å²) in [6.45, 7) is -0.162. The number of hydrogen-bond donors (Lipinski definition) is 0. The van der Waals surface area contributed by atoms with Crippen molar-refractivity contribution in [3.8, 4) is 0 Å². The van der Waals surface area contributed by atoms with Gasteiger partial charge in [0.05, 0.1) is 17.7 Å². The summed E-state index contributed by atoms with van der Waals surface area (Å²) in [6, 6.07) is 16.4. The molecule has 1 unspecified atom stereocenters. The first-order chi connectivity index (χ1) is 13.1. The molecule has 2 aromatic carbocycles. The Morgan fingerprint density at radius 2 is 1.44 bits per heavy atom. The molecule has 0 spiro atoms. The van der Waals surface area contributed by atoms with E-state index >= 15 is 0 Å². The number of hydrogen-bond acceptors (Lipinski definition) is 6. The molecule has 3 rings (SSSR count). The molecule has 1 aliphatic heterocycles. The summed E-state index contributed by atoms with van der Waals surface area (Å²) in [5.41, 5.74) is 0.563. The molecule has 4 atom stereocenters. The molecule has 6 nitrogen and oxygen atoms in total. The standard InChI is InChI=1S/C20H19FO6/c1-24-20-16(21)17(27-19(23)14-10-6-3-7-11-14)15(12-25-20)26-18(22)13-8-4-2-5-9-13/h2-11,15-17,20H,12H2,1H3/t15-,16-,17-,20?/m1/s1.